The summed E-state index contributed by atoms with van der Waals surface area (Å²) in [7, 11) is 0. The lowest BCUT2D eigenvalue weighted by atomic mass is 10.5. The van der Waals surface area contributed by atoms with Crippen LogP contribution in [0, 0.1) is 0 Å². The normalized spacial score (nSPS) is 7.79. The molecule has 0 aromatic rings. The average molecular weight is 196 g/mol. The molecular formula is C11H20N2O. The molecule has 0 aromatic carbocycles. The fourth-order valence-electron chi connectivity index (χ4n) is 0.534. The van der Waals surface area contributed by atoms with E-state index < -0.39 is 0 Å². The van der Waals surface area contributed by atoms with Crippen molar-refractivity contribution < 1.29 is 4.79 Å². The van der Waals surface area contributed by atoms with Crippen molar-refractivity contribution in [3.63, 3.8) is 0 Å². The standard InChI is InChI=1S/C6H11N.C5H9NO/c1-3-5-7-6-4-2;1-3-5(7)6-4-2/h3-4,7H,1-2,5-6H2;3H,1,4H2,2H3,(H,6,7). The first kappa shape index (κ1) is 15.1. The van der Waals surface area contributed by atoms with Gasteiger partial charge in [-0.05, 0) is 13.0 Å². The molecule has 0 aliphatic rings. The van der Waals surface area contributed by atoms with Gasteiger partial charge in [0.2, 0.25) is 5.91 Å². The molecule has 0 bridgehead atoms. The Balaban J connectivity index is 0. The van der Waals surface area contributed by atoms with Crippen molar-refractivity contribution in [3.05, 3.63) is 38.0 Å². The summed E-state index contributed by atoms with van der Waals surface area (Å²) >= 11 is 0. The number of hydrogen-bond donors (Lipinski definition) is 2. The van der Waals surface area contributed by atoms with Crippen LogP contribution in [-0.2, 0) is 4.79 Å². The molecule has 0 rings (SSSR count). The lowest BCUT2D eigenvalue weighted by molar-refractivity contribution is -0.116. The molecule has 2 N–H and O–H groups in total. The number of likely N-dealkylation sites (N-methyl/N-ethyl adjacent to an activating group) is 1. The summed E-state index contributed by atoms with van der Waals surface area (Å²) in [5, 5.41) is 5.59. The van der Waals surface area contributed by atoms with E-state index in [1.54, 1.807) is 0 Å². The van der Waals surface area contributed by atoms with Gasteiger partial charge in [-0.15, -0.1) is 13.2 Å². The van der Waals surface area contributed by atoms with Gasteiger partial charge in [0.1, 0.15) is 0 Å². The second-order valence-electron chi connectivity index (χ2n) is 2.33. The molecule has 3 heteroatoms. The molecule has 0 spiro atoms. The Kier molecular flexibility index (Phi) is 15.3. The highest BCUT2D eigenvalue weighted by Crippen LogP contribution is 1.61. The maximum Gasteiger partial charge on any atom is 0.243 e. The zero-order valence-corrected chi connectivity index (χ0v) is 8.88. The third-order valence-electron chi connectivity index (χ3n) is 1.11. The Hall–Kier alpha value is -1.35. The van der Waals surface area contributed by atoms with E-state index >= 15 is 0 Å². The van der Waals surface area contributed by atoms with Gasteiger partial charge >= 0.3 is 0 Å². The molecule has 0 saturated heterocycles. The highest BCUT2D eigenvalue weighted by Gasteiger charge is 1.83. The highest BCUT2D eigenvalue weighted by atomic mass is 16.1. The van der Waals surface area contributed by atoms with E-state index in [9.17, 15) is 4.79 Å². The average Bonchev–Trinajstić information content (AvgIpc) is 2.20. The van der Waals surface area contributed by atoms with Crippen LogP contribution in [0.1, 0.15) is 6.92 Å². The van der Waals surface area contributed by atoms with E-state index in [0.29, 0.717) is 6.54 Å². The lowest BCUT2D eigenvalue weighted by Gasteiger charge is -1.90. The van der Waals surface area contributed by atoms with E-state index in [-0.39, 0.29) is 5.91 Å². The van der Waals surface area contributed by atoms with Gasteiger partial charge in [0, 0.05) is 19.6 Å². The van der Waals surface area contributed by atoms with Crippen LogP contribution < -0.4 is 10.6 Å². The van der Waals surface area contributed by atoms with E-state index in [4.69, 9.17) is 0 Å². The molecular weight excluding hydrogens is 176 g/mol. The number of nitrogens with one attached hydrogen (secondary N) is 2. The zero-order valence-electron chi connectivity index (χ0n) is 8.88. The maximum absolute atomic E-state index is 10.2. The van der Waals surface area contributed by atoms with Crippen LogP contribution in [0.3, 0.4) is 0 Å². The Morgan fingerprint density at radius 1 is 1.21 bits per heavy atom. The number of amides is 1. The first-order valence-corrected chi connectivity index (χ1v) is 4.55. The Morgan fingerprint density at radius 3 is 1.93 bits per heavy atom. The Labute approximate surface area is 86.6 Å². The maximum atomic E-state index is 10.2. The first-order valence-electron chi connectivity index (χ1n) is 4.55. The lowest BCUT2D eigenvalue weighted by Crippen LogP contribution is -2.19. The molecule has 14 heavy (non-hydrogen) atoms. The summed E-state index contributed by atoms with van der Waals surface area (Å²) in [4.78, 5) is 10.2. The van der Waals surface area contributed by atoms with E-state index in [1.807, 2.05) is 19.1 Å². The van der Waals surface area contributed by atoms with E-state index in [0.717, 1.165) is 13.1 Å². The second kappa shape index (κ2) is 14.2. The number of carbonyl (C=O) groups excluding carboxylic acids is 1. The van der Waals surface area contributed by atoms with Crippen LogP contribution in [0.25, 0.3) is 0 Å². The van der Waals surface area contributed by atoms with Crippen LogP contribution in [-0.4, -0.2) is 25.5 Å². The van der Waals surface area contributed by atoms with Gasteiger partial charge in [0.25, 0.3) is 0 Å². The Bertz CT molecular complexity index is 168. The molecule has 0 saturated carbocycles. The molecule has 0 radical (unpaired) electrons. The van der Waals surface area contributed by atoms with Crippen molar-refractivity contribution in [1.29, 1.82) is 0 Å². The molecule has 0 aromatic heterocycles. The van der Waals surface area contributed by atoms with Gasteiger partial charge in [-0.3, -0.25) is 4.79 Å². The van der Waals surface area contributed by atoms with Crippen molar-refractivity contribution in [3.8, 4) is 0 Å². The summed E-state index contributed by atoms with van der Waals surface area (Å²) in [6.07, 6.45) is 4.90. The van der Waals surface area contributed by atoms with Gasteiger partial charge in [-0.1, -0.05) is 18.7 Å². The summed E-state index contributed by atoms with van der Waals surface area (Å²) in [5.74, 6) is -0.109. The predicted molar refractivity (Wildman–Crippen MR) is 62.1 cm³/mol. The van der Waals surface area contributed by atoms with Gasteiger partial charge in [-0.2, -0.15) is 0 Å². The summed E-state index contributed by atoms with van der Waals surface area (Å²) in [5.41, 5.74) is 0. The topological polar surface area (TPSA) is 41.1 Å². The molecule has 0 aliphatic heterocycles. The fraction of sp³-hybridized carbons (Fsp3) is 0.364. The van der Waals surface area contributed by atoms with Crippen molar-refractivity contribution in [2.45, 2.75) is 6.92 Å². The van der Waals surface area contributed by atoms with Crippen LogP contribution in [0.5, 0.6) is 0 Å². The molecule has 1 amide bonds. The highest BCUT2D eigenvalue weighted by molar-refractivity contribution is 5.86. The molecule has 3 nitrogen and oxygen atoms in total. The minimum Gasteiger partial charge on any atom is -0.353 e. The van der Waals surface area contributed by atoms with Gasteiger partial charge in [0.05, 0.1) is 0 Å². The van der Waals surface area contributed by atoms with Crippen molar-refractivity contribution in [2.75, 3.05) is 19.6 Å². The van der Waals surface area contributed by atoms with Crippen LogP contribution in [0.4, 0.5) is 0 Å². The molecule has 0 fully saturated rings. The fourth-order valence-corrected chi connectivity index (χ4v) is 0.534. The number of hydrogen-bond acceptors (Lipinski definition) is 2. The number of carbonyl (C=O) groups is 1. The summed E-state index contributed by atoms with van der Waals surface area (Å²) in [6.45, 7) is 14.6. The number of rotatable bonds is 6. The minimum atomic E-state index is -0.109. The quantitative estimate of drug-likeness (QED) is 0.381. The molecule has 0 aliphatic carbocycles. The van der Waals surface area contributed by atoms with Gasteiger partial charge < -0.3 is 10.6 Å². The minimum absolute atomic E-state index is 0.109. The van der Waals surface area contributed by atoms with Gasteiger partial charge in [-0.25, -0.2) is 0 Å². The Morgan fingerprint density at radius 2 is 1.71 bits per heavy atom. The summed E-state index contributed by atoms with van der Waals surface area (Å²) < 4.78 is 0. The SMILES string of the molecule is C=CC(=O)NCC.C=CCNCC=C. The second-order valence-corrected chi connectivity index (χ2v) is 2.33. The van der Waals surface area contributed by atoms with Crippen molar-refractivity contribution >= 4 is 5.91 Å². The first-order chi connectivity index (χ1) is 6.72. The van der Waals surface area contributed by atoms with E-state index in [1.165, 1.54) is 6.08 Å². The van der Waals surface area contributed by atoms with Crippen LogP contribution in [0.2, 0.25) is 0 Å². The van der Waals surface area contributed by atoms with Crippen molar-refractivity contribution in [1.82, 2.24) is 10.6 Å². The zero-order chi connectivity index (χ0) is 11.2. The molecule has 80 valence electrons. The van der Waals surface area contributed by atoms with Crippen LogP contribution in [0.15, 0.2) is 38.0 Å². The van der Waals surface area contributed by atoms with E-state index in [2.05, 4.69) is 30.4 Å². The monoisotopic (exact) mass is 196 g/mol. The molecule has 0 heterocycles. The van der Waals surface area contributed by atoms with Gasteiger partial charge in [0.15, 0.2) is 0 Å². The third kappa shape index (κ3) is 16.9. The van der Waals surface area contributed by atoms with Crippen molar-refractivity contribution in [2.24, 2.45) is 0 Å². The largest absolute Gasteiger partial charge is 0.353 e. The molecule has 0 atom stereocenters. The molecule has 0 unspecified atom stereocenters. The predicted octanol–water partition coefficient (Wildman–Crippen LogP) is 1.26. The third-order valence-corrected chi connectivity index (χ3v) is 1.11. The smallest absolute Gasteiger partial charge is 0.243 e. The summed E-state index contributed by atoms with van der Waals surface area (Å²) in [6, 6.07) is 0. The van der Waals surface area contributed by atoms with Crippen LogP contribution >= 0.6 is 0 Å².